The molecule has 0 bridgehead atoms. The van der Waals surface area contributed by atoms with Gasteiger partial charge >= 0.3 is 6.09 Å². The zero-order valence-corrected chi connectivity index (χ0v) is 12.1. The lowest BCUT2D eigenvalue weighted by Gasteiger charge is -1.98. The molecule has 0 fully saturated rings. The fraction of sp³-hybridized carbons (Fsp3) is 0.231. The molecule has 100 valence electrons. The second-order valence-corrected chi connectivity index (χ2v) is 5.34. The molecule has 0 aliphatic carbocycles. The smallest absolute Gasteiger partial charge is 0.427 e. The monoisotopic (exact) mass is 296 g/mol. The molecule has 0 aliphatic rings. The zero-order valence-electron chi connectivity index (χ0n) is 10.6. The zero-order chi connectivity index (χ0) is 13.8. The van der Waals surface area contributed by atoms with Crippen molar-refractivity contribution in [2.24, 2.45) is 5.10 Å². The molecule has 0 saturated heterocycles. The summed E-state index contributed by atoms with van der Waals surface area (Å²) < 4.78 is 5.85. The highest BCUT2D eigenvalue weighted by atomic mass is 35.5. The summed E-state index contributed by atoms with van der Waals surface area (Å²) in [5, 5.41) is 5.68. The van der Waals surface area contributed by atoms with E-state index < -0.39 is 6.09 Å². The average molecular weight is 297 g/mol. The summed E-state index contributed by atoms with van der Waals surface area (Å²) in [6.07, 6.45) is 1.06. The van der Waals surface area contributed by atoms with Crippen LogP contribution in [0.3, 0.4) is 0 Å². The number of hydrazone groups is 1. The molecule has 0 aliphatic heterocycles. The summed E-state index contributed by atoms with van der Waals surface area (Å²) in [7, 11) is 0. The van der Waals surface area contributed by atoms with Crippen LogP contribution < -0.4 is 5.43 Å². The van der Waals surface area contributed by atoms with Gasteiger partial charge in [0.2, 0.25) is 0 Å². The molecule has 1 heterocycles. The first kappa shape index (κ1) is 13.8. The van der Waals surface area contributed by atoms with Crippen LogP contribution in [0, 0.1) is 6.92 Å². The van der Waals surface area contributed by atoms with Gasteiger partial charge in [0, 0.05) is 9.72 Å². The van der Waals surface area contributed by atoms with Gasteiger partial charge in [-0.25, -0.2) is 10.2 Å². The van der Waals surface area contributed by atoms with Gasteiger partial charge in [0.15, 0.2) is 0 Å². The molecule has 0 saturated carbocycles. The Bertz CT molecular complexity index is 637. The summed E-state index contributed by atoms with van der Waals surface area (Å²) in [5.74, 6) is 0. The minimum absolute atomic E-state index is 0.321. The normalized spacial score (nSPS) is 11.1. The van der Waals surface area contributed by atoms with Crippen molar-refractivity contribution in [2.75, 3.05) is 6.61 Å². The van der Waals surface area contributed by atoms with Gasteiger partial charge in [0.05, 0.1) is 17.7 Å². The predicted octanol–water partition coefficient (Wildman–Crippen LogP) is 3.94. The lowest BCUT2D eigenvalue weighted by atomic mass is 10.1. The summed E-state index contributed by atoms with van der Waals surface area (Å²) in [5.41, 5.74) is 3.40. The molecule has 2 rings (SSSR count). The van der Waals surface area contributed by atoms with Crippen LogP contribution in [-0.4, -0.2) is 18.9 Å². The highest BCUT2D eigenvalue weighted by Gasteiger charge is 2.07. The van der Waals surface area contributed by atoms with Gasteiger partial charge < -0.3 is 4.74 Å². The van der Waals surface area contributed by atoms with Gasteiger partial charge in [-0.1, -0.05) is 11.6 Å². The van der Waals surface area contributed by atoms with Gasteiger partial charge in [-0.3, -0.25) is 0 Å². The van der Waals surface area contributed by atoms with Gasteiger partial charge in [-0.15, -0.1) is 11.3 Å². The van der Waals surface area contributed by atoms with Crippen molar-refractivity contribution in [1.29, 1.82) is 0 Å². The first-order valence-electron chi connectivity index (χ1n) is 5.76. The predicted molar refractivity (Wildman–Crippen MR) is 79.3 cm³/mol. The Hall–Kier alpha value is -1.59. The highest BCUT2D eigenvalue weighted by Crippen LogP contribution is 2.31. The Morgan fingerprint density at radius 2 is 2.37 bits per heavy atom. The first-order valence-corrected chi connectivity index (χ1v) is 6.95. The fourth-order valence-electron chi connectivity index (χ4n) is 1.64. The van der Waals surface area contributed by atoms with Crippen LogP contribution >= 0.6 is 22.9 Å². The van der Waals surface area contributed by atoms with E-state index in [9.17, 15) is 4.79 Å². The third-order valence-electron chi connectivity index (χ3n) is 2.55. The van der Waals surface area contributed by atoms with E-state index in [1.807, 2.05) is 25.1 Å². The Labute approximate surface area is 120 Å². The minimum atomic E-state index is -0.555. The third kappa shape index (κ3) is 3.24. The summed E-state index contributed by atoms with van der Waals surface area (Å²) in [6, 6.07) is 5.77. The topological polar surface area (TPSA) is 50.7 Å². The largest absolute Gasteiger partial charge is 0.449 e. The number of nitrogens with one attached hydrogen (secondary N) is 1. The molecule has 0 atom stereocenters. The molecule has 19 heavy (non-hydrogen) atoms. The first-order chi connectivity index (χ1) is 9.11. The number of nitrogens with zero attached hydrogens (tertiary/aromatic N) is 1. The lowest BCUT2D eigenvalue weighted by Crippen LogP contribution is -2.18. The van der Waals surface area contributed by atoms with Crippen LogP contribution in [0.5, 0.6) is 0 Å². The maximum atomic E-state index is 11.1. The van der Waals surface area contributed by atoms with E-state index >= 15 is 0 Å². The van der Waals surface area contributed by atoms with Crippen molar-refractivity contribution >= 4 is 45.3 Å². The number of benzene rings is 1. The molecule has 1 amide bonds. The Morgan fingerprint density at radius 3 is 3.11 bits per heavy atom. The van der Waals surface area contributed by atoms with E-state index in [2.05, 4.69) is 10.5 Å². The summed E-state index contributed by atoms with van der Waals surface area (Å²) in [4.78, 5) is 12.1. The molecule has 1 aromatic heterocycles. The second kappa shape index (κ2) is 6.04. The van der Waals surface area contributed by atoms with Gasteiger partial charge in [0.1, 0.15) is 0 Å². The summed E-state index contributed by atoms with van der Waals surface area (Å²) >= 11 is 7.58. The number of hydrogen-bond acceptors (Lipinski definition) is 4. The number of ether oxygens (including phenoxy) is 1. The molecule has 0 radical (unpaired) electrons. The van der Waals surface area contributed by atoms with E-state index in [0.717, 1.165) is 20.5 Å². The van der Waals surface area contributed by atoms with E-state index in [1.54, 1.807) is 24.5 Å². The quantitative estimate of drug-likeness (QED) is 0.689. The van der Waals surface area contributed by atoms with E-state index in [0.29, 0.717) is 11.6 Å². The SMILES string of the molecule is CCOC(=O)N/N=C/c1sc2ccc(Cl)cc2c1C. The highest BCUT2D eigenvalue weighted by molar-refractivity contribution is 7.20. The van der Waals surface area contributed by atoms with Crippen LogP contribution in [0.25, 0.3) is 10.1 Å². The van der Waals surface area contributed by atoms with Crippen LogP contribution in [0.4, 0.5) is 4.79 Å². The van der Waals surface area contributed by atoms with Crippen LogP contribution in [-0.2, 0) is 4.74 Å². The van der Waals surface area contributed by atoms with Crippen molar-refractivity contribution in [1.82, 2.24) is 5.43 Å². The molecule has 6 heteroatoms. The van der Waals surface area contributed by atoms with Crippen molar-refractivity contribution in [3.05, 3.63) is 33.7 Å². The molecule has 0 spiro atoms. The molecular weight excluding hydrogens is 284 g/mol. The Balaban J connectivity index is 2.19. The van der Waals surface area contributed by atoms with E-state index in [-0.39, 0.29) is 0 Å². The van der Waals surface area contributed by atoms with Crippen LogP contribution in [0.1, 0.15) is 17.4 Å². The minimum Gasteiger partial charge on any atom is -0.449 e. The number of fused-ring (bicyclic) bond motifs is 1. The molecule has 0 unspecified atom stereocenters. The lowest BCUT2D eigenvalue weighted by molar-refractivity contribution is 0.152. The average Bonchev–Trinajstić information content (AvgIpc) is 2.67. The number of rotatable bonds is 3. The number of carbonyl (C=O) groups excluding carboxylic acids is 1. The molecule has 4 nitrogen and oxygen atoms in total. The third-order valence-corrected chi connectivity index (χ3v) is 3.99. The number of amides is 1. The number of halogens is 1. The number of aryl methyl sites for hydroxylation is 1. The second-order valence-electron chi connectivity index (χ2n) is 3.82. The van der Waals surface area contributed by atoms with Crippen molar-refractivity contribution in [3.63, 3.8) is 0 Å². The van der Waals surface area contributed by atoms with Crippen molar-refractivity contribution < 1.29 is 9.53 Å². The maximum absolute atomic E-state index is 11.1. The van der Waals surface area contributed by atoms with Crippen LogP contribution in [0.2, 0.25) is 5.02 Å². The molecule has 2 aromatic rings. The summed E-state index contributed by atoms with van der Waals surface area (Å²) in [6.45, 7) is 4.06. The Morgan fingerprint density at radius 1 is 1.58 bits per heavy atom. The molecule has 1 N–H and O–H groups in total. The van der Waals surface area contributed by atoms with Crippen LogP contribution in [0.15, 0.2) is 23.3 Å². The van der Waals surface area contributed by atoms with Crippen molar-refractivity contribution in [3.8, 4) is 0 Å². The maximum Gasteiger partial charge on any atom is 0.427 e. The van der Waals surface area contributed by atoms with E-state index in [4.69, 9.17) is 16.3 Å². The fourth-order valence-corrected chi connectivity index (χ4v) is 2.88. The van der Waals surface area contributed by atoms with Gasteiger partial charge in [0.25, 0.3) is 0 Å². The molecular formula is C13H13ClN2O2S. The Kier molecular flexibility index (Phi) is 4.39. The van der Waals surface area contributed by atoms with Crippen molar-refractivity contribution in [2.45, 2.75) is 13.8 Å². The van der Waals surface area contributed by atoms with Gasteiger partial charge in [-0.05, 0) is 43.0 Å². The number of carbonyl (C=O) groups is 1. The van der Waals surface area contributed by atoms with E-state index in [1.165, 1.54) is 0 Å². The molecule has 1 aromatic carbocycles. The van der Waals surface area contributed by atoms with Gasteiger partial charge in [-0.2, -0.15) is 5.10 Å². The number of thiophene rings is 1. The standard InChI is InChI=1S/C13H13ClN2O2S/c1-3-18-13(17)16-15-7-12-8(2)10-6-9(14)4-5-11(10)19-12/h4-7H,3H2,1-2H3,(H,16,17)/b15-7+. The number of hydrogen-bond donors (Lipinski definition) is 1.